The van der Waals surface area contributed by atoms with Crippen molar-refractivity contribution >= 4 is 11.6 Å². The predicted molar refractivity (Wildman–Crippen MR) is 77.4 cm³/mol. The molecule has 6 heteroatoms. The fraction of sp³-hybridized carbons (Fsp3) is 0.125. The third-order valence-corrected chi connectivity index (χ3v) is 3.39. The minimum Gasteiger partial charge on any atom is -0.344 e. The molecule has 1 unspecified atom stereocenters. The zero-order valence-corrected chi connectivity index (χ0v) is 11.8. The fourth-order valence-corrected chi connectivity index (χ4v) is 2.18. The summed E-state index contributed by atoms with van der Waals surface area (Å²) in [6.07, 6.45) is 3.40. The molecule has 0 aliphatic heterocycles. The summed E-state index contributed by atoms with van der Waals surface area (Å²) in [5, 5.41) is 2.72. The Morgan fingerprint density at radius 2 is 2.05 bits per heavy atom. The number of rotatable bonds is 3. The normalized spacial score (nSPS) is 12.3. The molecule has 1 amide bonds. The molecule has 0 saturated carbocycles. The van der Waals surface area contributed by atoms with Crippen LogP contribution in [0.15, 0.2) is 48.8 Å². The molecule has 2 aromatic heterocycles. The molecule has 112 valence electrons. The Morgan fingerprint density at radius 3 is 2.77 bits per heavy atom. The number of hydrogen-bond donors (Lipinski definition) is 1. The van der Waals surface area contributed by atoms with E-state index in [1.165, 1.54) is 6.07 Å². The molecule has 4 nitrogen and oxygen atoms in total. The second-order valence-electron chi connectivity index (χ2n) is 4.96. The van der Waals surface area contributed by atoms with Crippen LogP contribution in [0.3, 0.4) is 0 Å². The first-order chi connectivity index (χ1) is 10.5. The number of fused-ring (bicyclic) bond motifs is 1. The summed E-state index contributed by atoms with van der Waals surface area (Å²) in [5.74, 6) is -2.23. The zero-order chi connectivity index (χ0) is 15.7. The third kappa shape index (κ3) is 2.67. The highest BCUT2D eigenvalue weighted by Crippen LogP contribution is 2.16. The van der Waals surface area contributed by atoms with Crippen LogP contribution < -0.4 is 5.32 Å². The highest BCUT2D eigenvalue weighted by molar-refractivity contribution is 5.93. The van der Waals surface area contributed by atoms with Crippen molar-refractivity contribution < 1.29 is 13.6 Å². The second kappa shape index (κ2) is 5.55. The van der Waals surface area contributed by atoms with E-state index in [9.17, 15) is 13.6 Å². The minimum absolute atomic E-state index is 0.264. The Hall–Kier alpha value is -2.76. The summed E-state index contributed by atoms with van der Waals surface area (Å²) in [6.45, 7) is 1.69. The van der Waals surface area contributed by atoms with Gasteiger partial charge in [0, 0.05) is 12.4 Å². The molecule has 0 fully saturated rings. The summed E-state index contributed by atoms with van der Waals surface area (Å²) < 4.78 is 27.9. The molecule has 2 heterocycles. The molecule has 0 spiro atoms. The van der Waals surface area contributed by atoms with Crippen molar-refractivity contribution in [2.45, 2.75) is 13.0 Å². The summed E-state index contributed by atoms with van der Waals surface area (Å²) in [4.78, 5) is 16.4. The zero-order valence-electron chi connectivity index (χ0n) is 11.8. The number of nitrogens with zero attached hydrogens (tertiary/aromatic N) is 2. The molecule has 0 aliphatic rings. The van der Waals surface area contributed by atoms with Gasteiger partial charge in [-0.15, -0.1) is 0 Å². The van der Waals surface area contributed by atoms with Gasteiger partial charge in [0.05, 0.1) is 6.04 Å². The van der Waals surface area contributed by atoms with Crippen LogP contribution in [-0.4, -0.2) is 15.3 Å². The Kier molecular flexibility index (Phi) is 3.58. The van der Waals surface area contributed by atoms with E-state index in [2.05, 4.69) is 10.3 Å². The van der Waals surface area contributed by atoms with Gasteiger partial charge in [0.25, 0.3) is 5.91 Å². The Labute approximate surface area is 125 Å². The molecule has 0 bridgehead atoms. The maximum Gasteiger partial charge on any atom is 0.271 e. The van der Waals surface area contributed by atoms with Gasteiger partial charge in [-0.05, 0) is 36.8 Å². The van der Waals surface area contributed by atoms with Gasteiger partial charge in [-0.1, -0.05) is 12.1 Å². The molecule has 1 aromatic carbocycles. The lowest BCUT2D eigenvalue weighted by Gasteiger charge is -2.13. The maximum atomic E-state index is 13.2. The highest BCUT2D eigenvalue weighted by Gasteiger charge is 2.15. The monoisotopic (exact) mass is 301 g/mol. The minimum atomic E-state index is -0.939. The van der Waals surface area contributed by atoms with Gasteiger partial charge in [0.2, 0.25) is 0 Å². The van der Waals surface area contributed by atoms with Crippen LogP contribution in [0.25, 0.3) is 5.65 Å². The molecular formula is C16H13F2N3O. The van der Waals surface area contributed by atoms with E-state index in [0.29, 0.717) is 11.2 Å². The van der Waals surface area contributed by atoms with Crippen molar-refractivity contribution in [3.8, 4) is 0 Å². The van der Waals surface area contributed by atoms with E-state index in [1.807, 2.05) is 12.1 Å². The molecule has 22 heavy (non-hydrogen) atoms. The number of nitrogens with one attached hydrogen (secondary N) is 1. The number of carbonyl (C=O) groups is 1. The van der Waals surface area contributed by atoms with E-state index >= 15 is 0 Å². The average molecular weight is 301 g/mol. The molecule has 0 saturated heterocycles. The van der Waals surface area contributed by atoms with E-state index in [4.69, 9.17) is 0 Å². The van der Waals surface area contributed by atoms with Gasteiger partial charge < -0.3 is 9.72 Å². The fourth-order valence-electron chi connectivity index (χ4n) is 2.18. The van der Waals surface area contributed by atoms with Crippen molar-refractivity contribution in [3.05, 3.63) is 71.7 Å². The van der Waals surface area contributed by atoms with Gasteiger partial charge in [-0.2, -0.15) is 0 Å². The van der Waals surface area contributed by atoms with Crippen LogP contribution in [0, 0.1) is 11.6 Å². The number of imidazole rings is 1. The van der Waals surface area contributed by atoms with Crippen molar-refractivity contribution in [3.63, 3.8) is 0 Å². The predicted octanol–water partition coefficient (Wildman–Crippen LogP) is 3.10. The summed E-state index contributed by atoms with van der Waals surface area (Å²) in [7, 11) is 0. The van der Waals surface area contributed by atoms with E-state index in [0.717, 1.165) is 12.1 Å². The molecule has 1 N–H and O–H groups in total. The summed E-state index contributed by atoms with van der Waals surface area (Å²) >= 11 is 0. The number of amides is 1. The SMILES string of the molecule is CC(NC(=O)c1cn2ccccc2n1)c1ccc(F)c(F)c1. The standard InChI is InChI=1S/C16H13F2N3O/c1-10(11-5-6-12(17)13(18)8-11)19-16(22)14-9-21-7-3-2-4-15(21)20-14/h2-10H,1H3,(H,19,22). The summed E-state index contributed by atoms with van der Waals surface area (Å²) in [6, 6.07) is 8.53. The molecule has 3 rings (SSSR count). The Bertz CT molecular complexity index is 811. The first kappa shape index (κ1) is 14.2. The van der Waals surface area contributed by atoms with Gasteiger partial charge in [0.1, 0.15) is 11.3 Å². The second-order valence-corrected chi connectivity index (χ2v) is 4.96. The van der Waals surface area contributed by atoms with Gasteiger partial charge >= 0.3 is 0 Å². The lowest BCUT2D eigenvalue weighted by molar-refractivity contribution is 0.0935. The lowest BCUT2D eigenvalue weighted by Crippen LogP contribution is -2.27. The van der Waals surface area contributed by atoms with Crippen molar-refractivity contribution in [2.24, 2.45) is 0 Å². The Morgan fingerprint density at radius 1 is 1.23 bits per heavy atom. The summed E-state index contributed by atoms with van der Waals surface area (Å²) in [5.41, 5.74) is 1.41. The molecule has 0 aliphatic carbocycles. The lowest BCUT2D eigenvalue weighted by atomic mass is 10.1. The number of carbonyl (C=O) groups excluding carboxylic acids is 1. The van der Waals surface area contributed by atoms with Crippen LogP contribution in [0.4, 0.5) is 8.78 Å². The van der Waals surface area contributed by atoms with Crippen molar-refractivity contribution in [2.75, 3.05) is 0 Å². The number of aromatic nitrogens is 2. The molecule has 1 atom stereocenters. The van der Waals surface area contributed by atoms with Crippen LogP contribution >= 0.6 is 0 Å². The molecule has 3 aromatic rings. The first-order valence-corrected chi connectivity index (χ1v) is 6.74. The topological polar surface area (TPSA) is 46.4 Å². The van der Waals surface area contributed by atoms with Crippen molar-refractivity contribution in [1.82, 2.24) is 14.7 Å². The van der Waals surface area contributed by atoms with E-state index in [-0.39, 0.29) is 11.6 Å². The third-order valence-electron chi connectivity index (χ3n) is 3.39. The number of halogens is 2. The van der Waals surface area contributed by atoms with E-state index in [1.54, 1.807) is 29.8 Å². The van der Waals surface area contributed by atoms with E-state index < -0.39 is 17.7 Å². The Balaban J connectivity index is 1.79. The van der Waals surface area contributed by atoms with Crippen LogP contribution in [0.5, 0.6) is 0 Å². The maximum absolute atomic E-state index is 13.2. The molecule has 0 radical (unpaired) electrons. The van der Waals surface area contributed by atoms with Gasteiger partial charge in [-0.25, -0.2) is 13.8 Å². The van der Waals surface area contributed by atoms with Gasteiger partial charge in [-0.3, -0.25) is 4.79 Å². The first-order valence-electron chi connectivity index (χ1n) is 6.74. The average Bonchev–Trinajstić information content (AvgIpc) is 2.94. The number of pyridine rings is 1. The van der Waals surface area contributed by atoms with Crippen LogP contribution in [0.2, 0.25) is 0 Å². The number of benzene rings is 1. The van der Waals surface area contributed by atoms with Crippen LogP contribution in [0.1, 0.15) is 29.0 Å². The number of hydrogen-bond acceptors (Lipinski definition) is 2. The smallest absolute Gasteiger partial charge is 0.271 e. The van der Waals surface area contributed by atoms with Gasteiger partial charge in [0.15, 0.2) is 11.6 Å². The largest absolute Gasteiger partial charge is 0.344 e. The quantitative estimate of drug-likeness (QED) is 0.808. The highest BCUT2D eigenvalue weighted by atomic mass is 19.2. The van der Waals surface area contributed by atoms with Crippen molar-refractivity contribution in [1.29, 1.82) is 0 Å². The molecular weight excluding hydrogens is 288 g/mol. The van der Waals surface area contributed by atoms with Crippen LogP contribution in [-0.2, 0) is 0 Å².